The van der Waals surface area contributed by atoms with Crippen LogP contribution in [-0.4, -0.2) is 12.4 Å². The largest absolute Gasteiger partial charge is 0.435 e. The van der Waals surface area contributed by atoms with Crippen molar-refractivity contribution < 1.29 is 22.7 Å². The standard InChI is InChI=1S/C16H11F3O2/c17-13-3-1-2-11(10-13)4-9-15(20)12-5-7-14(8-6-12)21-16(18)19/h1-10,16H/b9-4+. The van der Waals surface area contributed by atoms with Crippen LogP contribution >= 0.6 is 0 Å². The Bertz CT molecular complexity index is 649. The number of hydrogen-bond acceptors (Lipinski definition) is 2. The Morgan fingerprint density at radius 1 is 1.10 bits per heavy atom. The van der Waals surface area contributed by atoms with Crippen LogP contribution in [0, 0.1) is 5.82 Å². The number of carbonyl (C=O) groups is 1. The highest BCUT2D eigenvalue weighted by molar-refractivity contribution is 6.06. The van der Waals surface area contributed by atoms with Gasteiger partial charge in [0.15, 0.2) is 5.78 Å². The van der Waals surface area contributed by atoms with Crippen molar-refractivity contribution in [2.45, 2.75) is 6.61 Å². The first-order valence-electron chi connectivity index (χ1n) is 6.07. The molecule has 0 aliphatic heterocycles. The van der Waals surface area contributed by atoms with Crippen LogP contribution in [0.4, 0.5) is 13.2 Å². The fourth-order valence-corrected chi connectivity index (χ4v) is 1.68. The van der Waals surface area contributed by atoms with Crippen molar-refractivity contribution in [2.24, 2.45) is 0 Å². The summed E-state index contributed by atoms with van der Waals surface area (Å²) in [5.74, 6) is -0.725. The number of carbonyl (C=O) groups excluding carboxylic acids is 1. The number of hydrogen-bond donors (Lipinski definition) is 0. The highest BCUT2D eigenvalue weighted by Crippen LogP contribution is 2.16. The first kappa shape index (κ1) is 14.8. The SMILES string of the molecule is O=C(/C=C/c1cccc(F)c1)c1ccc(OC(F)F)cc1. The number of ketones is 1. The summed E-state index contributed by atoms with van der Waals surface area (Å²) >= 11 is 0. The molecule has 108 valence electrons. The summed E-state index contributed by atoms with van der Waals surface area (Å²) in [5, 5.41) is 0. The smallest absolute Gasteiger partial charge is 0.387 e. The minimum atomic E-state index is -2.90. The van der Waals surface area contributed by atoms with Crippen molar-refractivity contribution in [1.29, 1.82) is 0 Å². The summed E-state index contributed by atoms with van der Waals surface area (Å²) in [6.45, 7) is -2.90. The third-order valence-corrected chi connectivity index (χ3v) is 2.64. The third-order valence-electron chi connectivity index (χ3n) is 2.64. The van der Waals surface area contributed by atoms with Gasteiger partial charge in [-0.1, -0.05) is 18.2 Å². The molecule has 2 rings (SSSR count). The summed E-state index contributed by atoms with van der Waals surface area (Å²) < 4.78 is 41.1. The molecule has 0 radical (unpaired) electrons. The molecule has 2 aromatic carbocycles. The van der Waals surface area contributed by atoms with E-state index in [4.69, 9.17) is 0 Å². The van der Waals surface area contributed by atoms with Crippen LogP contribution in [0.2, 0.25) is 0 Å². The molecule has 0 unspecified atom stereocenters. The minimum Gasteiger partial charge on any atom is -0.435 e. The predicted molar refractivity (Wildman–Crippen MR) is 72.8 cm³/mol. The zero-order valence-electron chi connectivity index (χ0n) is 10.8. The second kappa shape index (κ2) is 6.74. The van der Waals surface area contributed by atoms with E-state index in [0.717, 1.165) is 0 Å². The lowest BCUT2D eigenvalue weighted by atomic mass is 10.1. The van der Waals surface area contributed by atoms with E-state index in [-0.39, 0.29) is 11.5 Å². The summed E-state index contributed by atoms with van der Waals surface area (Å²) in [6, 6.07) is 11.1. The normalized spacial score (nSPS) is 11.0. The minimum absolute atomic E-state index is 0.0179. The van der Waals surface area contributed by atoms with Gasteiger partial charge in [-0.05, 0) is 48.0 Å². The van der Waals surface area contributed by atoms with Crippen molar-refractivity contribution in [3.05, 3.63) is 71.6 Å². The molecule has 0 saturated carbocycles. The number of allylic oxidation sites excluding steroid dienone is 1. The molecule has 0 fully saturated rings. The number of alkyl halides is 2. The fourth-order valence-electron chi connectivity index (χ4n) is 1.68. The van der Waals surface area contributed by atoms with Gasteiger partial charge < -0.3 is 4.74 Å². The van der Waals surface area contributed by atoms with Crippen molar-refractivity contribution >= 4 is 11.9 Å². The van der Waals surface area contributed by atoms with Crippen molar-refractivity contribution in [3.8, 4) is 5.75 Å². The molecule has 0 atom stereocenters. The molecule has 2 nitrogen and oxygen atoms in total. The Balaban J connectivity index is 2.06. The predicted octanol–water partition coefficient (Wildman–Crippen LogP) is 4.32. The Labute approximate surface area is 119 Å². The second-order valence-corrected chi connectivity index (χ2v) is 4.16. The Morgan fingerprint density at radius 2 is 1.81 bits per heavy atom. The molecule has 0 N–H and O–H groups in total. The van der Waals surface area contributed by atoms with Gasteiger partial charge in [-0.2, -0.15) is 8.78 Å². The maximum Gasteiger partial charge on any atom is 0.387 e. The van der Waals surface area contributed by atoms with E-state index in [0.29, 0.717) is 11.1 Å². The van der Waals surface area contributed by atoms with Crippen LogP contribution in [-0.2, 0) is 0 Å². The van der Waals surface area contributed by atoms with Gasteiger partial charge in [0, 0.05) is 5.56 Å². The lowest BCUT2D eigenvalue weighted by molar-refractivity contribution is -0.0498. The molecule has 0 saturated heterocycles. The molecule has 0 amide bonds. The quantitative estimate of drug-likeness (QED) is 0.606. The molecular weight excluding hydrogens is 281 g/mol. The maximum atomic E-state index is 13.0. The molecular formula is C16H11F3O2. The van der Waals surface area contributed by atoms with Gasteiger partial charge in [0.05, 0.1) is 0 Å². The van der Waals surface area contributed by atoms with Gasteiger partial charge >= 0.3 is 6.61 Å². The molecule has 21 heavy (non-hydrogen) atoms. The number of ether oxygens (including phenoxy) is 1. The molecule has 0 aliphatic carbocycles. The molecule has 0 spiro atoms. The van der Waals surface area contributed by atoms with Crippen molar-refractivity contribution in [1.82, 2.24) is 0 Å². The molecule has 0 heterocycles. The zero-order chi connectivity index (χ0) is 15.2. The van der Waals surface area contributed by atoms with E-state index in [1.807, 2.05) is 0 Å². The molecule has 0 bridgehead atoms. The number of halogens is 3. The lowest BCUT2D eigenvalue weighted by Crippen LogP contribution is -2.02. The second-order valence-electron chi connectivity index (χ2n) is 4.16. The Kier molecular flexibility index (Phi) is 4.77. The molecule has 0 aromatic heterocycles. The summed E-state index contributed by atoms with van der Waals surface area (Å²) in [5.41, 5.74) is 0.880. The number of rotatable bonds is 5. The fraction of sp³-hybridized carbons (Fsp3) is 0.0625. The van der Waals surface area contributed by atoms with Gasteiger partial charge in [-0.25, -0.2) is 4.39 Å². The van der Waals surface area contributed by atoms with Crippen molar-refractivity contribution in [2.75, 3.05) is 0 Å². The first-order chi connectivity index (χ1) is 10.0. The van der Waals surface area contributed by atoms with Crippen LogP contribution in [0.15, 0.2) is 54.6 Å². The van der Waals surface area contributed by atoms with E-state index < -0.39 is 12.4 Å². The molecule has 2 aromatic rings. The summed E-state index contributed by atoms with van der Waals surface area (Å²) in [6.07, 6.45) is 2.77. The van der Waals surface area contributed by atoms with Gasteiger partial charge in [0.1, 0.15) is 11.6 Å². The zero-order valence-corrected chi connectivity index (χ0v) is 10.8. The van der Waals surface area contributed by atoms with Crippen LogP contribution in [0.25, 0.3) is 6.08 Å². The highest BCUT2D eigenvalue weighted by Gasteiger charge is 2.06. The van der Waals surface area contributed by atoms with Gasteiger partial charge in [0.2, 0.25) is 0 Å². The van der Waals surface area contributed by atoms with E-state index in [9.17, 15) is 18.0 Å². The Morgan fingerprint density at radius 3 is 2.43 bits per heavy atom. The molecule has 0 aliphatic rings. The van der Waals surface area contributed by atoms with Gasteiger partial charge in [0.25, 0.3) is 0 Å². The van der Waals surface area contributed by atoms with Crippen LogP contribution in [0.3, 0.4) is 0 Å². The van der Waals surface area contributed by atoms with E-state index in [1.165, 1.54) is 54.6 Å². The average Bonchev–Trinajstić information content (AvgIpc) is 2.45. The van der Waals surface area contributed by atoms with Crippen LogP contribution in [0.5, 0.6) is 5.75 Å². The summed E-state index contributed by atoms with van der Waals surface area (Å²) in [4.78, 5) is 11.9. The van der Waals surface area contributed by atoms with E-state index >= 15 is 0 Å². The Hall–Kier alpha value is -2.56. The maximum absolute atomic E-state index is 13.0. The monoisotopic (exact) mass is 292 g/mol. The topological polar surface area (TPSA) is 26.3 Å². The van der Waals surface area contributed by atoms with Gasteiger partial charge in [-0.15, -0.1) is 0 Å². The molecule has 5 heteroatoms. The third kappa shape index (κ3) is 4.49. The van der Waals surface area contributed by atoms with Gasteiger partial charge in [-0.3, -0.25) is 4.79 Å². The van der Waals surface area contributed by atoms with E-state index in [2.05, 4.69) is 4.74 Å². The summed E-state index contributed by atoms with van der Waals surface area (Å²) in [7, 11) is 0. The van der Waals surface area contributed by atoms with Crippen LogP contribution < -0.4 is 4.74 Å². The number of benzene rings is 2. The van der Waals surface area contributed by atoms with Crippen molar-refractivity contribution in [3.63, 3.8) is 0 Å². The van der Waals surface area contributed by atoms with Crippen LogP contribution in [0.1, 0.15) is 15.9 Å². The van der Waals surface area contributed by atoms with E-state index in [1.54, 1.807) is 6.07 Å². The average molecular weight is 292 g/mol. The lowest BCUT2D eigenvalue weighted by Gasteiger charge is -2.04. The first-order valence-corrected chi connectivity index (χ1v) is 6.07. The highest BCUT2D eigenvalue weighted by atomic mass is 19.3.